The van der Waals surface area contributed by atoms with E-state index in [1.807, 2.05) is 13.8 Å². The zero-order valence-corrected chi connectivity index (χ0v) is 10.0. The monoisotopic (exact) mass is 212 g/mol. The molecule has 0 aromatic rings. The number of hydrogen-bond acceptors (Lipinski definition) is 2. The van der Waals surface area contributed by atoms with Gasteiger partial charge in [0, 0.05) is 18.0 Å². The number of carbonyl (C=O) groups excluding carboxylic acids is 1. The SMILES string of the molecule is CC(C)(N)CC(=O)NC1CCCCCC1. The highest BCUT2D eigenvalue weighted by Gasteiger charge is 2.19. The van der Waals surface area contributed by atoms with Crippen molar-refractivity contribution in [2.75, 3.05) is 0 Å². The van der Waals surface area contributed by atoms with Crippen LogP contribution in [0.15, 0.2) is 0 Å². The summed E-state index contributed by atoms with van der Waals surface area (Å²) in [6.45, 7) is 3.78. The molecule has 0 spiro atoms. The van der Waals surface area contributed by atoms with Gasteiger partial charge in [-0.2, -0.15) is 0 Å². The van der Waals surface area contributed by atoms with Crippen molar-refractivity contribution < 1.29 is 4.79 Å². The average Bonchev–Trinajstić information content (AvgIpc) is 2.28. The van der Waals surface area contributed by atoms with E-state index in [2.05, 4.69) is 5.32 Å². The maximum Gasteiger partial charge on any atom is 0.222 e. The zero-order chi connectivity index (χ0) is 11.3. The van der Waals surface area contributed by atoms with Crippen LogP contribution in [-0.2, 0) is 4.79 Å². The Kier molecular flexibility index (Phi) is 4.58. The Morgan fingerprint density at radius 1 is 1.27 bits per heavy atom. The standard InChI is InChI=1S/C12H24N2O/c1-12(2,13)9-11(15)14-10-7-5-3-4-6-8-10/h10H,3-9,13H2,1-2H3,(H,14,15). The molecule has 1 saturated carbocycles. The van der Waals surface area contributed by atoms with Gasteiger partial charge in [0.15, 0.2) is 0 Å². The van der Waals surface area contributed by atoms with Crippen LogP contribution in [0, 0.1) is 0 Å². The first-order valence-electron chi connectivity index (χ1n) is 6.06. The fourth-order valence-corrected chi connectivity index (χ4v) is 2.12. The second-order valence-electron chi connectivity index (χ2n) is 5.42. The van der Waals surface area contributed by atoms with Crippen LogP contribution < -0.4 is 11.1 Å². The molecule has 1 aliphatic rings. The molecule has 15 heavy (non-hydrogen) atoms. The Hall–Kier alpha value is -0.570. The number of nitrogens with two attached hydrogens (primary N) is 1. The highest BCUT2D eigenvalue weighted by molar-refractivity contribution is 5.77. The van der Waals surface area contributed by atoms with Gasteiger partial charge in [-0.1, -0.05) is 25.7 Å². The topological polar surface area (TPSA) is 55.1 Å². The normalized spacial score (nSPS) is 19.7. The lowest BCUT2D eigenvalue weighted by Gasteiger charge is -2.21. The van der Waals surface area contributed by atoms with E-state index in [4.69, 9.17) is 5.73 Å². The Morgan fingerprint density at radius 2 is 1.80 bits per heavy atom. The molecule has 0 radical (unpaired) electrons. The molecular formula is C12H24N2O. The second-order valence-corrected chi connectivity index (χ2v) is 5.42. The summed E-state index contributed by atoms with van der Waals surface area (Å²) in [5.74, 6) is 0.106. The molecule has 3 nitrogen and oxygen atoms in total. The summed E-state index contributed by atoms with van der Waals surface area (Å²) in [6, 6.07) is 0.391. The molecule has 1 amide bonds. The average molecular weight is 212 g/mol. The minimum Gasteiger partial charge on any atom is -0.353 e. The van der Waals surface area contributed by atoms with Gasteiger partial charge in [0.2, 0.25) is 5.91 Å². The summed E-state index contributed by atoms with van der Waals surface area (Å²) in [5.41, 5.74) is 5.42. The molecule has 0 aromatic carbocycles. The molecule has 0 aliphatic heterocycles. The molecule has 88 valence electrons. The predicted molar refractivity (Wildman–Crippen MR) is 62.5 cm³/mol. The van der Waals surface area contributed by atoms with Crippen molar-refractivity contribution in [2.45, 2.75) is 70.4 Å². The summed E-state index contributed by atoms with van der Waals surface area (Å²) in [4.78, 5) is 11.6. The second kappa shape index (κ2) is 5.50. The molecule has 1 fully saturated rings. The van der Waals surface area contributed by atoms with Crippen LogP contribution in [0.3, 0.4) is 0 Å². The van der Waals surface area contributed by atoms with Crippen molar-refractivity contribution in [1.82, 2.24) is 5.32 Å². The lowest BCUT2D eigenvalue weighted by atomic mass is 10.0. The molecule has 1 rings (SSSR count). The van der Waals surface area contributed by atoms with E-state index >= 15 is 0 Å². The molecule has 3 heteroatoms. The molecule has 0 atom stereocenters. The van der Waals surface area contributed by atoms with E-state index in [0.717, 1.165) is 12.8 Å². The van der Waals surface area contributed by atoms with Gasteiger partial charge >= 0.3 is 0 Å². The molecule has 0 unspecified atom stereocenters. The maximum atomic E-state index is 11.6. The summed E-state index contributed by atoms with van der Waals surface area (Å²) in [6.07, 6.45) is 7.81. The summed E-state index contributed by atoms with van der Waals surface area (Å²) >= 11 is 0. The van der Waals surface area contributed by atoms with Crippen LogP contribution in [0.4, 0.5) is 0 Å². The van der Waals surface area contributed by atoms with Crippen LogP contribution in [0.25, 0.3) is 0 Å². The lowest BCUT2D eigenvalue weighted by Crippen LogP contribution is -2.42. The number of hydrogen-bond donors (Lipinski definition) is 2. The Bertz CT molecular complexity index is 200. The van der Waals surface area contributed by atoms with Crippen molar-refractivity contribution in [3.05, 3.63) is 0 Å². The summed E-state index contributed by atoms with van der Waals surface area (Å²) in [5, 5.41) is 3.10. The molecule has 0 aromatic heterocycles. The molecule has 0 saturated heterocycles. The summed E-state index contributed by atoms with van der Waals surface area (Å²) < 4.78 is 0. The lowest BCUT2D eigenvalue weighted by molar-refractivity contribution is -0.122. The summed E-state index contributed by atoms with van der Waals surface area (Å²) in [7, 11) is 0. The van der Waals surface area contributed by atoms with E-state index in [0.29, 0.717) is 12.5 Å². The van der Waals surface area contributed by atoms with Crippen LogP contribution in [0.2, 0.25) is 0 Å². The largest absolute Gasteiger partial charge is 0.353 e. The highest BCUT2D eigenvalue weighted by atomic mass is 16.1. The van der Waals surface area contributed by atoms with Crippen molar-refractivity contribution >= 4 is 5.91 Å². The van der Waals surface area contributed by atoms with Gasteiger partial charge in [-0.15, -0.1) is 0 Å². The maximum absolute atomic E-state index is 11.6. The predicted octanol–water partition coefficient (Wildman–Crippen LogP) is 1.95. The van der Waals surface area contributed by atoms with E-state index in [1.54, 1.807) is 0 Å². The van der Waals surface area contributed by atoms with Crippen LogP contribution in [-0.4, -0.2) is 17.5 Å². The number of nitrogens with one attached hydrogen (secondary N) is 1. The molecule has 1 aliphatic carbocycles. The minimum atomic E-state index is -0.394. The molecule has 0 heterocycles. The third-order valence-electron chi connectivity index (χ3n) is 2.84. The zero-order valence-electron chi connectivity index (χ0n) is 10.0. The van der Waals surface area contributed by atoms with Gasteiger partial charge in [0.05, 0.1) is 0 Å². The van der Waals surface area contributed by atoms with Crippen LogP contribution in [0.5, 0.6) is 0 Å². The van der Waals surface area contributed by atoms with E-state index < -0.39 is 5.54 Å². The molecule has 3 N–H and O–H groups in total. The van der Waals surface area contributed by atoms with Crippen molar-refractivity contribution in [3.63, 3.8) is 0 Å². The Morgan fingerprint density at radius 3 is 2.27 bits per heavy atom. The van der Waals surface area contributed by atoms with Crippen LogP contribution in [0.1, 0.15) is 58.8 Å². The Balaban J connectivity index is 2.30. The minimum absolute atomic E-state index is 0.106. The van der Waals surface area contributed by atoms with Crippen molar-refractivity contribution in [2.24, 2.45) is 5.73 Å². The fourth-order valence-electron chi connectivity index (χ4n) is 2.12. The molecule has 0 bridgehead atoms. The first kappa shape index (κ1) is 12.5. The van der Waals surface area contributed by atoms with Gasteiger partial charge in [-0.25, -0.2) is 0 Å². The third-order valence-corrected chi connectivity index (χ3v) is 2.84. The third kappa shape index (κ3) is 5.78. The van der Waals surface area contributed by atoms with Crippen molar-refractivity contribution in [3.8, 4) is 0 Å². The van der Waals surface area contributed by atoms with E-state index in [-0.39, 0.29) is 5.91 Å². The smallest absolute Gasteiger partial charge is 0.222 e. The highest BCUT2D eigenvalue weighted by Crippen LogP contribution is 2.17. The van der Waals surface area contributed by atoms with Crippen LogP contribution >= 0.6 is 0 Å². The quantitative estimate of drug-likeness (QED) is 0.703. The Labute approximate surface area is 92.8 Å². The first-order valence-corrected chi connectivity index (χ1v) is 6.06. The number of amides is 1. The number of rotatable bonds is 3. The van der Waals surface area contributed by atoms with Gasteiger partial charge in [0.1, 0.15) is 0 Å². The van der Waals surface area contributed by atoms with Gasteiger partial charge < -0.3 is 11.1 Å². The van der Waals surface area contributed by atoms with E-state index in [1.165, 1.54) is 25.7 Å². The molecular weight excluding hydrogens is 188 g/mol. The van der Waals surface area contributed by atoms with Crippen molar-refractivity contribution in [1.29, 1.82) is 0 Å². The fraction of sp³-hybridized carbons (Fsp3) is 0.917. The number of carbonyl (C=O) groups is 1. The van der Waals surface area contributed by atoms with Gasteiger partial charge in [0.25, 0.3) is 0 Å². The van der Waals surface area contributed by atoms with Gasteiger partial charge in [-0.3, -0.25) is 4.79 Å². The van der Waals surface area contributed by atoms with Gasteiger partial charge in [-0.05, 0) is 26.7 Å². The first-order chi connectivity index (χ1) is 6.97. The van der Waals surface area contributed by atoms with E-state index in [9.17, 15) is 4.79 Å².